The Kier molecular flexibility index (Phi) is 6.62. The van der Waals surface area contributed by atoms with Crippen LogP contribution in [0.25, 0.3) is 33.4 Å². The van der Waals surface area contributed by atoms with E-state index in [0.717, 1.165) is 11.1 Å². The summed E-state index contributed by atoms with van der Waals surface area (Å²) in [5.41, 5.74) is 7.22. The van der Waals surface area contributed by atoms with Crippen LogP contribution in [0.4, 0.5) is 0 Å². The molecule has 0 radical (unpaired) electrons. The van der Waals surface area contributed by atoms with Gasteiger partial charge < -0.3 is 5.11 Å². The van der Waals surface area contributed by atoms with E-state index >= 15 is 0 Å². The van der Waals surface area contributed by atoms with Gasteiger partial charge in [-0.3, -0.25) is 0 Å². The topological polar surface area (TPSA) is 20.2 Å². The minimum absolute atomic E-state index is 0.294. The molecule has 0 aliphatic rings. The molecule has 0 amide bonds. The Morgan fingerprint density at radius 1 is 0.531 bits per heavy atom. The first-order valence-electron chi connectivity index (χ1n) is 11.6. The maximum Gasteiger partial charge on any atom is 0.115 e. The first-order valence-corrected chi connectivity index (χ1v) is 14.8. The van der Waals surface area contributed by atoms with Crippen LogP contribution in [0.15, 0.2) is 97.1 Å². The molecule has 0 spiro atoms. The van der Waals surface area contributed by atoms with Crippen LogP contribution in [0.2, 0.25) is 19.1 Å². The third-order valence-corrected chi connectivity index (χ3v) is 9.96. The van der Waals surface area contributed by atoms with Gasteiger partial charge in [0.25, 0.3) is 0 Å². The molecule has 0 aromatic heterocycles. The zero-order valence-corrected chi connectivity index (χ0v) is 20.3. The number of hydrogen-bond donors (Lipinski definition) is 1. The lowest BCUT2D eigenvalue weighted by Gasteiger charge is -2.23. The van der Waals surface area contributed by atoms with Crippen molar-refractivity contribution in [2.24, 2.45) is 0 Å². The van der Waals surface area contributed by atoms with Crippen LogP contribution in [0.3, 0.4) is 0 Å². The van der Waals surface area contributed by atoms with Gasteiger partial charge >= 0.3 is 0 Å². The lowest BCUT2D eigenvalue weighted by molar-refractivity contribution is 0.475. The number of hydrogen-bond acceptors (Lipinski definition) is 1. The molecule has 1 nitrogen and oxygen atoms in total. The average Bonchev–Trinajstić information content (AvgIpc) is 2.84. The minimum atomic E-state index is -1.32. The van der Waals surface area contributed by atoms with Crippen molar-refractivity contribution in [3.8, 4) is 39.1 Å². The number of rotatable bonds is 7. The van der Waals surface area contributed by atoms with Crippen molar-refractivity contribution in [1.29, 1.82) is 0 Å². The molecule has 0 aliphatic heterocycles. The molecule has 1 N–H and O–H groups in total. The van der Waals surface area contributed by atoms with E-state index in [9.17, 15) is 5.11 Å². The molecule has 0 atom stereocenters. The van der Waals surface area contributed by atoms with Crippen LogP contribution in [0.5, 0.6) is 5.75 Å². The van der Waals surface area contributed by atoms with Gasteiger partial charge in [0.05, 0.1) is 8.07 Å². The summed E-state index contributed by atoms with van der Waals surface area (Å²) in [6.07, 6.45) is 2.61. The summed E-state index contributed by atoms with van der Waals surface area (Å²) >= 11 is 0. The highest BCUT2D eigenvalue weighted by atomic mass is 28.3. The Hall–Kier alpha value is -3.10. The van der Waals surface area contributed by atoms with E-state index in [-0.39, 0.29) is 0 Å². The van der Waals surface area contributed by atoms with Crippen molar-refractivity contribution in [1.82, 2.24) is 0 Å². The van der Waals surface area contributed by atoms with Gasteiger partial charge in [-0.05, 0) is 45.5 Å². The van der Waals surface area contributed by atoms with Crippen molar-refractivity contribution >= 4 is 13.3 Å². The lowest BCUT2D eigenvalue weighted by Crippen LogP contribution is -2.40. The van der Waals surface area contributed by atoms with Gasteiger partial charge in [0.1, 0.15) is 5.75 Å². The normalized spacial score (nSPS) is 11.5. The quantitative estimate of drug-likeness (QED) is 0.290. The van der Waals surface area contributed by atoms with Crippen LogP contribution in [-0.4, -0.2) is 13.2 Å². The Balaban J connectivity index is 1.49. The van der Waals surface area contributed by atoms with Crippen molar-refractivity contribution in [3.63, 3.8) is 0 Å². The fourth-order valence-corrected chi connectivity index (χ4v) is 6.84. The fraction of sp³-hybridized carbons (Fsp3) is 0.200. The average molecular weight is 437 g/mol. The van der Waals surface area contributed by atoms with E-state index in [4.69, 9.17) is 0 Å². The van der Waals surface area contributed by atoms with Crippen molar-refractivity contribution in [2.45, 2.75) is 38.9 Å². The zero-order valence-electron chi connectivity index (χ0n) is 19.3. The molecular formula is C30H32OSi. The van der Waals surface area contributed by atoms with E-state index in [1.807, 2.05) is 12.1 Å². The van der Waals surface area contributed by atoms with E-state index in [1.54, 1.807) is 17.3 Å². The Labute approximate surface area is 193 Å². The number of phenols is 1. The smallest absolute Gasteiger partial charge is 0.115 e. The summed E-state index contributed by atoms with van der Waals surface area (Å²) in [6, 6.07) is 35.4. The van der Waals surface area contributed by atoms with E-state index in [2.05, 4.69) is 92.8 Å². The van der Waals surface area contributed by atoms with E-state index in [1.165, 1.54) is 41.1 Å². The highest BCUT2D eigenvalue weighted by Gasteiger charge is 2.22. The highest BCUT2D eigenvalue weighted by Crippen LogP contribution is 2.28. The molecule has 4 aromatic carbocycles. The van der Waals surface area contributed by atoms with Crippen LogP contribution >= 0.6 is 0 Å². The van der Waals surface area contributed by atoms with Crippen LogP contribution in [-0.2, 0) is 0 Å². The van der Waals surface area contributed by atoms with E-state index in [0.29, 0.717) is 5.75 Å². The van der Waals surface area contributed by atoms with Gasteiger partial charge in [-0.2, -0.15) is 0 Å². The van der Waals surface area contributed by atoms with Crippen molar-refractivity contribution in [2.75, 3.05) is 0 Å². The van der Waals surface area contributed by atoms with Crippen molar-refractivity contribution in [3.05, 3.63) is 97.1 Å². The maximum absolute atomic E-state index is 9.48. The summed E-state index contributed by atoms with van der Waals surface area (Å²) in [5.74, 6) is 0.294. The summed E-state index contributed by atoms with van der Waals surface area (Å²) in [4.78, 5) is 0. The molecule has 4 aromatic rings. The van der Waals surface area contributed by atoms with Crippen molar-refractivity contribution < 1.29 is 5.11 Å². The summed E-state index contributed by atoms with van der Waals surface area (Å²) in [6.45, 7) is 7.25. The van der Waals surface area contributed by atoms with Gasteiger partial charge in [-0.15, -0.1) is 0 Å². The molecule has 162 valence electrons. The number of aromatic hydroxyl groups is 1. The Morgan fingerprint density at radius 2 is 0.844 bits per heavy atom. The molecule has 4 rings (SSSR count). The second-order valence-corrected chi connectivity index (χ2v) is 14.1. The predicted molar refractivity (Wildman–Crippen MR) is 141 cm³/mol. The molecule has 0 heterocycles. The first kappa shape index (κ1) is 22.1. The van der Waals surface area contributed by atoms with Crippen LogP contribution in [0, 0.1) is 0 Å². The molecule has 32 heavy (non-hydrogen) atoms. The summed E-state index contributed by atoms with van der Waals surface area (Å²) in [5, 5.41) is 11.0. The van der Waals surface area contributed by atoms with Gasteiger partial charge in [0, 0.05) is 0 Å². The highest BCUT2D eigenvalue weighted by molar-refractivity contribution is 6.89. The Morgan fingerprint density at radius 3 is 1.19 bits per heavy atom. The number of phenolic OH excluding ortho intramolecular Hbond substituents is 1. The summed E-state index contributed by atoms with van der Waals surface area (Å²) < 4.78 is 0. The second-order valence-electron chi connectivity index (χ2n) is 9.27. The molecule has 0 saturated heterocycles. The SMILES string of the molecule is CCCC[Si](C)(C)c1ccc(-c2ccc(-c3ccc(-c4ccc(O)cc4)cc3)cc2)cc1. The largest absolute Gasteiger partial charge is 0.508 e. The summed E-state index contributed by atoms with van der Waals surface area (Å²) in [7, 11) is -1.32. The zero-order chi connectivity index (χ0) is 22.6. The minimum Gasteiger partial charge on any atom is -0.508 e. The van der Waals surface area contributed by atoms with Gasteiger partial charge in [0.15, 0.2) is 0 Å². The van der Waals surface area contributed by atoms with Crippen LogP contribution in [0.1, 0.15) is 19.8 Å². The predicted octanol–water partition coefficient (Wildman–Crippen LogP) is 8.11. The Bertz CT molecular complexity index is 1140. The van der Waals surface area contributed by atoms with Crippen LogP contribution < -0.4 is 5.19 Å². The molecule has 2 heteroatoms. The van der Waals surface area contributed by atoms with Gasteiger partial charge in [0.2, 0.25) is 0 Å². The third kappa shape index (κ3) is 5.03. The van der Waals surface area contributed by atoms with E-state index < -0.39 is 8.07 Å². The standard InChI is InChI=1S/C30H32OSi/c1-4-5-22-32(2,3)30-20-16-28(17-21-30)26-12-8-24(9-13-26)23-6-10-25(11-7-23)27-14-18-29(31)19-15-27/h6-21,31H,4-5,22H2,1-3H3. The van der Waals surface area contributed by atoms with Gasteiger partial charge in [-0.1, -0.05) is 129 Å². The molecular weight excluding hydrogens is 404 g/mol. The number of benzene rings is 4. The lowest BCUT2D eigenvalue weighted by atomic mass is 9.98. The first-order chi connectivity index (χ1) is 15.5. The maximum atomic E-state index is 9.48. The monoisotopic (exact) mass is 436 g/mol. The van der Waals surface area contributed by atoms with Gasteiger partial charge in [-0.25, -0.2) is 0 Å². The third-order valence-electron chi connectivity index (χ3n) is 6.46. The fourth-order valence-electron chi connectivity index (χ4n) is 4.24. The molecule has 0 fully saturated rings. The molecule has 0 bridgehead atoms. The molecule has 0 unspecified atom stereocenters. The number of unbranched alkanes of at least 4 members (excludes halogenated alkanes) is 1. The molecule has 0 saturated carbocycles. The molecule has 0 aliphatic carbocycles. The second kappa shape index (κ2) is 9.58.